The number of piperidine rings is 1. The molecule has 32 heavy (non-hydrogen) atoms. The number of nitrogens with zero attached hydrogens (tertiary/aromatic N) is 2. The van der Waals surface area contributed by atoms with Gasteiger partial charge in [-0.05, 0) is 94.7 Å². The van der Waals surface area contributed by atoms with Crippen molar-refractivity contribution in [1.82, 2.24) is 15.1 Å². The Labute approximate surface area is 193 Å². The van der Waals surface area contributed by atoms with E-state index in [1.54, 1.807) is 0 Å². The fourth-order valence-electron chi connectivity index (χ4n) is 8.10. The minimum atomic E-state index is -0.895. The van der Waals surface area contributed by atoms with Crippen LogP contribution in [0.1, 0.15) is 57.4 Å². The van der Waals surface area contributed by atoms with Crippen molar-refractivity contribution in [3.8, 4) is 0 Å². The first-order chi connectivity index (χ1) is 15.3. The summed E-state index contributed by atoms with van der Waals surface area (Å²) < 4.78 is 0. The van der Waals surface area contributed by atoms with Crippen LogP contribution in [0.3, 0.4) is 0 Å². The molecule has 2 N–H and O–H groups in total. The second-order valence-electron chi connectivity index (χ2n) is 11.9. The molecular weight excluding hydrogens is 398 g/mol. The van der Waals surface area contributed by atoms with Crippen LogP contribution in [0.15, 0.2) is 30.3 Å². The molecule has 0 spiro atoms. The number of carbonyl (C=O) groups excluding carboxylic acids is 1. The van der Waals surface area contributed by atoms with Crippen LogP contribution in [0.25, 0.3) is 0 Å². The average molecular weight is 440 g/mol. The van der Waals surface area contributed by atoms with Gasteiger partial charge >= 0.3 is 6.03 Å². The number of hydrogen-bond donors (Lipinski definition) is 2. The lowest BCUT2D eigenvalue weighted by Crippen LogP contribution is -2.60. The Kier molecular flexibility index (Phi) is 5.78. The Balaban J connectivity index is 1.28. The highest BCUT2D eigenvalue weighted by Crippen LogP contribution is 2.61. The molecule has 4 aliphatic carbocycles. The summed E-state index contributed by atoms with van der Waals surface area (Å²) in [6, 6.07) is 10.3. The van der Waals surface area contributed by atoms with E-state index in [2.05, 4.69) is 17.1 Å². The first kappa shape index (κ1) is 22.2. The van der Waals surface area contributed by atoms with Crippen molar-refractivity contribution >= 4 is 6.03 Å². The molecule has 2 amide bonds. The van der Waals surface area contributed by atoms with Gasteiger partial charge in [0.1, 0.15) is 0 Å². The lowest BCUT2D eigenvalue weighted by atomic mass is 9.48. The molecule has 1 heterocycles. The predicted molar refractivity (Wildman–Crippen MR) is 127 cm³/mol. The SMILES string of the molecule is CC(NC(=O)N1CCC(O)(c2ccccc2)C(CN(C)C)C1)C12CC3CC(CC(C3)C1)C2. The van der Waals surface area contributed by atoms with E-state index in [-0.39, 0.29) is 18.0 Å². The normalized spacial score (nSPS) is 39.3. The highest BCUT2D eigenvalue weighted by molar-refractivity contribution is 5.74. The summed E-state index contributed by atoms with van der Waals surface area (Å²) >= 11 is 0. The molecule has 5 nitrogen and oxygen atoms in total. The molecule has 0 radical (unpaired) electrons. The molecule has 3 unspecified atom stereocenters. The molecule has 6 rings (SSSR count). The summed E-state index contributed by atoms with van der Waals surface area (Å²) in [5, 5.41) is 15.1. The molecule has 176 valence electrons. The molecule has 5 fully saturated rings. The standard InChI is InChI=1S/C27H41N3O2/c1-19(26-14-20-11-21(15-26)13-22(12-20)16-26)28-25(31)30-10-9-27(32,23-7-5-4-6-8-23)24(18-30)17-29(2)3/h4-8,19-22,24,32H,9-18H2,1-3H3,(H,28,31). The van der Waals surface area contributed by atoms with Gasteiger partial charge in [-0.25, -0.2) is 4.79 Å². The Morgan fingerprint density at radius 3 is 2.28 bits per heavy atom. The maximum Gasteiger partial charge on any atom is 0.317 e. The first-order valence-electron chi connectivity index (χ1n) is 12.8. The van der Waals surface area contributed by atoms with Gasteiger partial charge in [0.05, 0.1) is 5.60 Å². The molecule has 5 heteroatoms. The molecule has 4 bridgehead atoms. The van der Waals surface area contributed by atoms with Crippen LogP contribution in [0.2, 0.25) is 0 Å². The number of amides is 2. The van der Waals surface area contributed by atoms with Gasteiger partial charge in [0.15, 0.2) is 0 Å². The number of carbonyl (C=O) groups is 1. The Hall–Kier alpha value is -1.59. The third kappa shape index (κ3) is 3.96. The van der Waals surface area contributed by atoms with Crippen LogP contribution < -0.4 is 5.32 Å². The highest BCUT2D eigenvalue weighted by atomic mass is 16.3. The zero-order chi connectivity index (χ0) is 22.5. The van der Waals surface area contributed by atoms with Gasteiger partial charge in [-0.15, -0.1) is 0 Å². The van der Waals surface area contributed by atoms with Crippen molar-refractivity contribution in [2.75, 3.05) is 33.7 Å². The number of urea groups is 1. The van der Waals surface area contributed by atoms with E-state index < -0.39 is 5.60 Å². The van der Waals surface area contributed by atoms with E-state index in [0.29, 0.717) is 24.9 Å². The topological polar surface area (TPSA) is 55.8 Å². The number of hydrogen-bond acceptors (Lipinski definition) is 3. The van der Waals surface area contributed by atoms with Crippen molar-refractivity contribution < 1.29 is 9.90 Å². The average Bonchev–Trinajstić information content (AvgIpc) is 2.74. The van der Waals surface area contributed by atoms with Gasteiger partial charge in [0.25, 0.3) is 0 Å². The molecule has 0 aromatic heterocycles. The number of nitrogens with one attached hydrogen (secondary N) is 1. The number of aliphatic hydroxyl groups is 1. The summed E-state index contributed by atoms with van der Waals surface area (Å²) in [5.41, 5.74) is 0.385. The van der Waals surface area contributed by atoms with Gasteiger partial charge in [-0.2, -0.15) is 0 Å². The van der Waals surface area contributed by atoms with Crippen molar-refractivity contribution in [3.05, 3.63) is 35.9 Å². The van der Waals surface area contributed by atoms with Crippen molar-refractivity contribution in [2.45, 2.75) is 63.5 Å². The molecule has 1 aliphatic heterocycles. The molecule has 1 saturated heterocycles. The fraction of sp³-hybridized carbons (Fsp3) is 0.741. The van der Waals surface area contributed by atoms with Crippen LogP contribution >= 0.6 is 0 Å². The third-order valence-electron chi connectivity index (χ3n) is 9.37. The molecule has 1 aromatic rings. The van der Waals surface area contributed by atoms with E-state index in [1.807, 2.05) is 49.3 Å². The maximum absolute atomic E-state index is 13.4. The van der Waals surface area contributed by atoms with Crippen molar-refractivity contribution in [2.24, 2.45) is 29.1 Å². The minimum Gasteiger partial charge on any atom is -0.385 e. The van der Waals surface area contributed by atoms with E-state index in [9.17, 15) is 9.90 Å². The summed E-state index contributed by atoms with van der Waals surface area (Å²) in [7, 11) is 4.08. The van der Waals surface area contributed by atoms with Gasteiger partial charge < -0.3 is 20.2 Å². The largest absolute Gasteiger partial charge is 0.385 e. The summed E-state index contributed by atoms with van der Waals surface area (Å²) in [6.45, 7) is 4.18. The molecule has 3 atom stereocenters. The van der Waals surface area contributed by atoms with E-state index in [4.69, 9.17) is 0 Å². The van der Waals surface area contributed by atoms with E-state index in [0.717, 1.165) is 29.9 Å². The van der Waals surface area contributed by atoms with Gasteiger partial charge in [-0.3, -0.25) is 0 Å². The fourth-order valence-corrected chi connectivity index (χ4v) is 8.10. The lowest BCUT2D eigenvalue weighted by molar-refractivity contribution is -0.0799. The summed E-state index contributed by atoms with van der Waals surface area (Å²) in [4.78, 5) is 17.5. The zero-order valence-corrected chi connectivity index (χ0v) is 20.1. The van der Waals surface area contributed by atoms with Crippen LogP contribution in [0.4, 0.5) is 4.79 Å². The van der Waals surface area contributed by atoms with Crippen LogP contribution in [-0.2, 0) is 5.60 Å². The third-order valence-corrected chi connectivity index (χ3v) is 9.37. The summed E-state index contributed by atoms with van der Waals surface area (Å²) in [6.07, 6.45) is 8.77. The number of benzene rings is 1. The Morgan fingerprint density at radius 2 is 1.72 bits per heavy atom. The lowest BCUT2D eigenvalue weighted by Gasteiger charge is -2.59. The molecule has 5 aliphatic rings. The monoisotopic (exact) mass is 439 g/mol. The zero-order valence-electron chi connectivity index (χ0n) is 20.1. The van der Waals surface area contributed by atoms with E-state index >= 15 is 0 Å². The quantitative estimate of drug-likeness (QED) is 0.727. The van der Waals surface area contributed by atoms with E-state index in [1.165, 1.54) is 38.5 Å². The molecular formula is C27H41N3O2. The maximum atomic E-state index is 13.4. The summed E-state index contributed by atoms with van der Waals surface area (Å²) in [5.74, 6) is 2.65. The first-order valence-corrected chi connectivity index (χ1v) is 12.8. The van der Waals surface area contributed by atoms with Gasteiger partial charge in [0.2, 0.25) is 0 Å². The van der Waals surface area contributed by atoms with Gasteiger partial charge in [0, 0.05) is 31.6 Å². The number of rotatable bonds is 5. The predicted octanol–water partition coefficient (Wildman–Crippen LogP) is 4.07. The molecule has 4 saturated carbocycles. The van der Waals surface area contributed by atoms with Crippen molar-refractivity contribution in [3.63, 3.8) is 0 Å². The highest BCUT2D eigenvalue weighted by Gasteiger charge is 2.53. The smallest absolute Gasteiger partial charge is 0.317 e. The van der Waals surface area contributed by atoms with Crippen LogP contribution in [0.5, 0.6) is 0 Å². The van der Waals surface area contributed by atoms with Crippen LogP contribution in [-0.4, -0.2) is 60.7 Å². The second kappa shape index (κ2) is 8.32. The number of likely N-dealkylation sites (tertiary alicyclic amines) is 1. The Morgan fingerprint density at radius 1 is 1.12 bits per heavy atom. The van der Waals surface area contributed by atoms with Crippen LogP contribution in [0, 0.1) is 29.1 Å². The Bertz CT molecular complexity index is 790. The minimum absolute atomic E-state index is 0.0192. The second-order valence-corrected chi connectivity index (χ2v) is 11.9. The van der Waals surface area contributed by atoms with Crippen molar-refractivity contribution in [1.29, 1.82) is 0 Å². The molecule has 1 aromatic carbocycles. The van der Waals surface area contributed by atoms with Gasteiger partial charge in [-0.1, -0.05) is 30.3 Å².